The zero-order valence-electron chi connectivity index (χ0n) is 14.6. The summed E-state index contributed by atoms with van der Waals surface area (Å²) in [5.41, 5.74) is 0. The van der Waals surface area contributed by atoms with Crippen molar-refractivity contribution in [2.75, 3.05) is 25.6 Å². The summed E-state index contributed by atoms with van der Waals surface area (Å²) in [6.45, 7) is 3.82. The van der Waals surface area contributed by atoms with Crippen LogP contribution in [-0.2, 0) is 29.7 Å². The van der Waals surface area contributed by atoms with E-state index in [0.717, 1.165) is 12.5 Å². The first kappa shape index (κ1) is 20.3. The van der Waals surface area contributed by atoms with Gasteiger partial charge in [0.05, 0.1) is 21.3 Å². The molecule has 10 heteroatoms. The zero-order valence-corrected chi connectivity index (χ0v) is 17.0. The molecular formula is C15H23NO6S3. The van der Waals surface area contributed by atoms with E-state index in [1.54, 1.807) is 0 Å². The number of hydrogen-bond acceptors (Lipinski definition) is 6. The summed E-state index contributed by atoms with van der Waals surface area (Å²) in [5.74, 6) is -0.337. The Morgan fingerprint density at radius 3 is 1.76 bits per heavy atom. The van der Waals surface area contributed by atoms with Gasteiger partial charge in [0.15, 0.2) is 19.7 Å². The summed E-state index contributed by atoms with van der Waals surface area (Å²) in [6.07, 6.45) is 2.12. The van der Waals surface area contributed by atoms with Gasteiger partial charge in [-0.25, -0.2) is 29.6 Å². The molecule has 0 saturated carbocycles. The van der Waals surface area contributed by atoms with Crippen LogP contribution >= 0.6 is 0 Å². The molecule has 7 nitrogen and oxygen atoms in total. The maximum atomic E-state index is 13.0. The van der Waals surface area contributed by atoms with Crippen molar-refractivity contribution in [2.24, 2.45) is 11.8 Å². The molecule has 0 aliphatic carbocycles. The summed E-state index contributed by atoms with van der Waals surface area (Å²) in [6, 6.07) is 5.06. The maximum Gasteiger partial charge on any atom is 0.211 e. The fraction of sp³-hybridized carbons (Fsp3) is 0.600. The normalized spacial score (nSPS) is 23.2. The van der Waals surface area contributed by atoms with Crippen LogP contribution in [0, 0.1) is 11.8 Å². The van der Waals surface area contributed by atoms with Gasteiger partial charge in [-0.15, -0.1) is 0 Å². The molecule has 0 amide bonds. The Hall–Kier alpha value is -0.970. The molecule has 25 heavy (non-hydrogen) atoms. The summed E-state index contributed by atoms with van der Waals surface area (Å²) in [4.78, 5) is 0.0435. The predicted octanol–water partition coefficient (Wildman–Crippen LogP) is 0.780. The van der Waals surface area contributed by atoms with Gasteiger partial charge in [-0.1, -0.05) is 13.8 Å². The molecule has 1 fully saturated rings. The van der Waals surface area contributed by atoms with Crippen molar-refractivity contribution in [1.82, 2.24) is 4.31 Å². The molecule has 2 rings (SSSR count). The molecule has 2 atom stereocenters. The highest BCUT2D eigenvalue weighted by Gasteiger charge is 2.45. The van der Waals surface area contributed by atoms with Crippen LogP contribution in [0.25, 0.3) is 0 Å². The summed E-state index contributed by atoms with van der Waals surface area (Å²) >= 11 is 0. The minimum Gasteiger partial charge on any atom is -0.224 e. The fourth-order valence-corrected chi connectivity index (χ4v) is 6.75. The monoisotopic (exact) mass is 409 g/mol. The minimum atomic E-state index is -3.79. The molecule has 0 radical (unpaired) electrons. The second-order valence-corrected chi connectivity index (χ2v) is 13.0. The van der Waals surface area contributed by atoms with E-state index in [2.05, 4.69) is 0 Å². The lowest BCUT2D eigenvalue weighted by molar-refractivity contribution is 0.388. The largest absolute Gasteiger partial charge is 0.224 e. The maximum absolute atomic E-state index is 13.0. The van der Waals surface area contributed by atoms with E-state index in [0.29, 0.717) is 0 Å². The van der Waals surface area contributed by atoms with Crippen LogP contribution in [-0.4, -0.2) is 60.4 Å². The molecule has 142 valence electrons. The Morgan fingerprint density at radius 1 is 0.880 bits per heavy atom. The van der Waals surface area contributed by atoms with Gasteiger partial charge in [-0.3, -0.25) is 0 Å². The van der Waals surface area contributed by atoms with E-state index in [1.165, 1.54) is 28.6 Å². The van der Waals surface area contributed by atoms with Crippen LogP contribution < -0.4 is 0 Å². The third kappa shape index (κ3) is 4.24. The van der Waals surface area contributed by atoms with E-state index in [4.69, 9.17) is 0 Å². The topological polar surface area (TPSA) is 106 Å². The van der Waals surface area contributed by atoms with Crippen molar-refractivity contribution in [3.8, 4) is 0 Å². The third-order valence-corrected chi connectivity index (χ3v) is 9.17. The fourth-order valence-electron chi connectivity index (χ4n) is 3.05. The standard InChI is InChI=1S/C15H23NO6S3/c1-11(2)14-9-16(24(4,19)20)10-15(14)25(21,22)13-7-5-12(6-8-13)23(3,17)18/h5-8,11,14-15H,9-10H2,1-4H3/t14-,15?/m0/s1. The van der Waals surface area contributed by atoms with Crippen LogP contribution in [0.15, 0.2) is 34.1 Å². The van der Waals surface area contributed by atoms with Gasteiger partial charge in [0.25, 0.3) is 0 Å². The van der Waals surface area contributed by atoms with Crippen LogP contribution in [0.1, 0.15) is 13.8 Å². The van der Waals surface area contributed by atoms with Gasteiger partial charge < -0.3 is 0 Å². The van der Waals surface area contributed by atoms with Crippen LogP contribution in [0.2, 0.25) is 0 Å². The highest BCUT2D eigenvalue weighted by Crippen LogP contribution is 2.34. The Labute approximate surface area is 149 Å². The first-order valence-corrected chi connectivity index (χ1v) is 13.0. The van der Waals surface area contributed by atoms with E-state index in [1.807, 2.05) is 13.8 Å². The van der Waals surface area contributed by atoms with Crippen molar-refractivity contribution >= 4 is 29.7 Å². The lowest BCUT2D eigenvalue weighted by Crippen LogP contribution is -2.33. The number of sulfonamides is 1. The highest BCUT2D eigenvalue weighted by atomic mass is 32.2. The summed E-state index contributed by atoms with van der Waals surface area (Å²) in [7, 11) is -10.7. The molecule has 1 aromatic rings. The van der Waals surface area contributed by atoms with E-state index < -0.39 is 34.9 Å². The van der Waals surface area contributed by atoms with Crippen LogP contribution in [0.3, 0.4) is 0 Å². The quantitative estimate of drug-likeness (QED) is 0.711. The van der Waals surface area contributed by atoms with Gasteiger partial charge in [0.1, 0.15) is 0 Å². The molecule has 0 spiro atoms. The lowest BCUT2D eigenvalue weighted by atomic mass is 9.95. The van der Waals surface area contributed by atoms with Gasteiger partial charge in [0, 0.05) is 19.3 Å². The van der Waals surface area contributed by atoms with E-state index >= 15 is 0 Å². The number of hydrogen-bond donors (Lipinski definition) is 0. The van der Waals surface area contributed by atoms with Gasteiger partial charge in [0.2, 0.25) is 10.0 Å². The molecule has 0 aromatic heterocycles. The molecule has 1 unspecified atom stereocenters. The Kier molecular flexibility index (Phi) is 5.40. The molecule has 1 aliphatic rings. The Bertz CT molecular complexity index is 947. The second kappa shape index (κ2) is 6.64. The second-order valence-electron chi connectivity index (χ2n) is 6.81. The first-order valence-electron chi connectivity index (χ1n) is 7.73. The number of rotatable bonds is 5. The predicted molar refractivity (Wildman–Crippen MR) is 95.3 cm³/mol. The van der Waals surface area contributed by atoms with Gasteiger partial charge in [-0.2, -0.15) is 0 Å². The van der Waals surface area contributed by atoms with Crippen molar-refractivity contribution < 1.29 is 25.3 Å². The van der Waals surface area contributed by atoms with Crippen molar-refractivity contribution in [3.63, 3.8) is 0 Å². The van der Waals surface area contributed by atoms with Crippen molar-refractivity contribution in [2.45, 2.75) is 28.9 Å². The van der Waals surface area contributed by atoms with Crippen molar-refractivity contribution in [3.05, 3.63) is 24.3 Å². The van der Waals surface area contributed by atoms with Gasteiger partial charge >= 0.3 is 0 Å². The molecule has 0 N–H and O–H groups in total. The smallest absolute Gasteiger partial charge is 0.211 e. The molecule has 1 aliphatic heterocycles. The molecular weight excluding hydrogens is 386 g/mol. The average molecular weight is 410 g/mol. The lowest BCUT2D eigenvalue weighted by Gasteiger charge is -2.22. The molecule has 0 bridgehead atoms. The number of sulfone groups is 2. The summed E-state index contributed by atoms with van der Waals surface area (Å²) in [5, 5.41) is -0.855. The highest BCUT2D eigenvalue weighted by molar-refractivity contribution is 7.92. The van der Waals surface area contributed by atoms with E-state index in [9.17, 15) is 25.3 Å². The van der Waals surface area contributed by atoms with E-state index in [-0.39, 0.29) is 34.7 Å². The van der Waals surface area contributed by atoms with Crippen LogP contribution in [0.5, 0.6) is 0 Å². The minimum absolute atomic E-state index is 0.00546. The Morgan fingerprint density at radius 2 is 1.36 bits per heavy atom. The number of nitrogens with zero attached hydrogens (tertiary/aromatic N) is 1. The summed E-state index contributed by atoms with van der Waals surface area (Å²) < 4.78 is 73.9. The van der Waals surface area contributed by atoms with Gasteiger partial charge in [-0.05, 0) is 36.1 Å². The molecule has 1 heterocycles. The molecule has 1 saturated heterocycles. The first-order chi connectivity index (χ1) is 11.2. The van der Waals surface area contributed by atoms with Crippen LogP contribution in [0.4, 0.5) is 0 Å². The zero-order chi connectivity index (χ0) is 19.2. The van der Waals surface area contributed by atoms with Crippen molar-refractivity contribution in [1.29, 1.82) is 0 Å². The third-order valence-electron chi connectivity index (χ3n) is 4.58. The number of benzene rings is 1. The average Bonchev–Trinajstić information content (AvgIpc) is 2.92. The molecule has 1 aromatic carbocycles. The SMILES string of the molecule is CC(C)[C@@H]1CN(S(C)(=O)=O)CC1S(=O)(=O)c1ccc(S(C)(=O)=O)cc1. The Balaban J connectivity index is 2.43.